The monoisotopic (exact) mass is 571 g/mol. The van der Waals surface area contributed by atoms with Crippen LogP contribution in [0.5, 0.6) is 0 Å². The largest absolute Gasteiger partial charge is 0.383 e. The molecule has 1 aliphatic rings. The van der Waals surface area contributed by atoms with E-state index < -0.39 is 20.2 Å². The number of benzene rings is 2. The lowest BCUT2D eigenvalue weighted by molar-refractivity contribution is 0.0464. The van der Waals surface area contributed by atoms with Crippen molar-refractivity contribution >= 4 is 39.8 Å². The molecule has 1 unspecified atom stereocenters. The maximum atomic E-state index is 12.4. The molecule has 2 N–H and O–H groups in total. The van der Waals surface area contributed by atoms with Gasteiger partial charge >= 0.3 is 0 Å². The van der Waals surface area contributed by atoms with Gasteiger partial charge in [0.25, 0.3) is 0 Å². The average Bonchev–Trinajstić information content (AvgIpc) is 2.74. The summed E-state index contributed by atoms with van der Waals surface area (Å²) >= 11 is 0. The highest BCUT2D eigenvalue weighted by atomic mass is 127. The highest BCUT2D eigenvalue weighted by Crippen LogP contribution is 2.27. The Balaban J connectivity index is 0.00000363. The fourth-order valence-corrected chi connectivity index (χ4v) is 5.25. The molecule has 1 fully saturated rings. The van der Waals surface area contributed by atoms with Crippen molar-refractivity contribution in [1.82, 2.24) is 10.2 Å². The zero-order chi connectivity index (χ0) is 22.5. The van der Waals surface area contributed by atoms with Crippen molar-refractivity contribution in [3.63, 3.8) is 0 Å². The zero-order valence-electron chi connectivity index (χ0n) is 19.0. The van der Waals surface area contributed by atoms with Crippen LogP contribution in [0.1, 0.15) is 31.9 Å². The van der Waals surface area contributed by atoms with Crippen LogP contribution in [0.2, 0.25) is 0 Å². The van der Waals surface area contributed by atoms with Crippen molar-refractivity contribution in [2.45, 2.75) is 37.5 Å². The van der Waals surface area contributed by atoms with Crippen molar-refractivity contribution < 1.29 is 13.5 Å². The first-order valence-corrected chi connectivity index (χ1v) is 12.4. The van der Waals surface area contributed by atoms with E-state index in [0.29, 0.717) is 32.0 Å². The fourth-order valence-electron chi connectivity index (χ4n) is 3.89. The van der Waals surface area contributed by atoms with Crippen molar-refractivity contribution in [3.05, 3.63) is 71.8 Å². The van der Waals surface area contributed by atoms with Crippen LogP contribution in [0.3, 0.4) is 0 Å². The molecule has 0 amide bonds. The lowest BCUT2D eigenvalue weighted by Gasteiger charge is -2.39. The number of hydrogen-bond donors (Lipinski definition) is 2. The summed E-state index contributed by atoms with van der Waals surface area (Å²) in [5.41, 5.74) is 0.653. The third-order valence-electron chi connectivity index (χ3n) is 5.82. The third-order valence-corrected chi connectivity index (χ3v) is 8.35. The minimum absolute atomic E-state index is 0. The van der Waals surface area contributed by atoms with Gasteiger partial charge in [-0.2, -0.15) is 0 Å². The molecule has 6 nitrogen and oxygen atoms in total. The Morgan fingerprint density at radius 1 is 1.12 bits per heavy atom. The standard InChI is InChI=1S/C24H33N3O3S.HI/c1-4-25-22(27-15-16-31(29,30)23(2,3)19-27)26-18-24(28,21-13-9-6-10-14-21)17-20-11-7-5-8-12-20;/h5-14,28H,4,15-19H2,1-3H3,(H,25,26);1H. The number of hydrogen-bond acceptors (Lipinski definition) is 4. The van der Waals surface area contributed by atoms with Gasteiger partial charge in [0.05, 0.1) is 17.0 Å². The molecule has 0 aromatic heterocycles. The van der Waals surface area contributed by atoms with E-state index in [1.165, 1.54) is 0 Å². The predicted molar refractivity (Wildman–Crippen MR) is 141 cm³/mol. The quantitative estimate of drug-likeness (QED) is 0.316. The second-order valence-electron chi connectivity index (χ2n) is 8.73. The normalized spacial score (nSPS) is 19.5. The summed E-state index contributed by atoms with van der Waals surface area (Å²) in [5.74, 6) is 0.727. The molecule has 1 atom stereocenters. The summed E-state index contributed by atoms with van der Waals surface area (Å²) in [4.78, 5) is 6.77. The molecule has 0 saturated carbocycles. The highest BCUT2D eigenvalue weighted by molar-refractivity contribution is 14.0. The molecular formula is C24H34IN3O3S. The number of rotatable bonds is 6. The lowest BCUT2D eigenvalue weighted by atomic mass is 9.87. The average molecular weight is 572 g/mol. The molecule has 1 aliphatic heterocycles. The van der Waals surface area contributed by atoms with E-state index in [2.05, 4.69) is 5.32 Å². The number of aliphatic imine (C=N–C) groups is 1. The third kappa shape index (κ3) is 6.23. The maximum absolute atomic E-state index is 12.4. The molecule has 32 heavy (non-hydrogen) atoms. The Bertz CT molecular complexity index is 998. The molecule has 0 bridgehead atoms. The van der Waals surface area contributed by atoms with E-state index in [-0.39, 0.29) is 36.3 Å². The van der Waals surface area contributed by atoms with Crippen LogP contribution in [0, 0.1) is 0 Å². The highest BCUT2D eigenvalue weighted by Gasteiger charge is 2.41. The van der Waals surface area contributed by atoms with Gasteiger partial charge in [-0.3, -0.25) is 0 Å². The van der Waals surface area contributed by atoms with E-state index in [4.69, 9.17) is 4.99 Å². The number of nitrogens with zero attached hydrogens (tertiary/aromatic N) is 2. The van der Waals surface area contributed by atoms with Crippen LogP contribution >= 0.6 is 24.0 Å². The fraction of sp³-hybridized carbons (Fsp3) is 0.458. The number of halogens is 1. The van der Waals surface area contributed by atoms with Gasteiger partial charge in [0, 0.05) is 26.1 Å². The number of aliphatic hydroxyl groups is 1. The summed E-state index contributed by atoms with van der Waals surface area (Å²) in [7, 11) is -3.14. The van der Waals surface area contributed by atoms with E-state index in [1.807, 2.05) is 72.5 Å². The van der Waals surface area contributed by atoms with Crippen LogP contribution in [-0.4, -0.2) is 61.1 Å². The lowest BCUT2D eigenvalue weighted by Crippen LogP contribution is -2.57. The first-order valence-electron chi connectivity index (χ1n) is 10.7. The van der Waals surface area contributed by atoms with Gasteiger partial charge in [0.1, 0.15) is 5.60 Å². The molecule has 1 saturated heterocycles. The van der Waals surface area contributed by atoms with Gasteiger partial charge in [-0.15, -0.1) is 24.0 Å². The summed E-state index contributed by atoms with van der Waals surface area (Å²) in [6.07, 6.45) is 0.431. The van der Waals surface area contributed by atoms with Gasteiger partial charge in [0.2, 0.25) is 0 Å². The van der Waals surface area contributed by atoms with Gasteiger partial charge in [0.15, 0.2) is 15.8 Å². The van der Waals surface area contributed by atoms with Gasteiger partial charge in [-0.05, 0) is 31.9 Å². The molecule has 0 spiro atoms. The zero-order valence-corrected chi connectivity index (χ0v) is 22.1. The molecule has 3 rings (SSSR count). The summed E-state index contributed by atoms with van der Waals surface area (Å²) in [6, 6.07) is 19.5. The minimum atomic E-state index is -3.14. The van der Waals surface area contributed by atoms with Gasteiger partial charge in [-0.1, -0.05) is 60.7 Å². The van der Waals surface area contributed by atoms with Crippen molar-refractivity contribution in [2.75, 3.05) is 31.9 Å². The Labute approximate surface area is 209 Å². The van der Waals surface area contributed by atoms with Crippen LogP contribution in [0.4, 0.5) is 0 Å². The minimum Gasteiger partial charge on any atom is -0.383 e. The van der Waals surface area contributed by atoms with Gasteiger partial charge < -0.3 is 15.3 Å². The maximum Gasteiger partial charge on any atom is 0.194 e. The molecular weight excluding hydrogens is 537 g/mol. The van der Waals surface area contributed by atoms with Crippen molar-refractivity contribution in [1.29, 1.82) is 0 Å². The molecule has 2 aromatic rings. The number of sulfone groups is 1. The van der Waals surface area contributed by atoms with Crippen molar-refractivity contribution in [2.24, 2.45) is 4.99 Å². The second kappa shape index (κ2) is 11.0. The van der Waals surface area contributed by atoms with E-state index >= 15 is 0 Å². The molecule has 0 radical (unpaired) electrons. The Morgan fingerprint density at radius 3 is 2.28 bits per heavy atom. The molecule has 2 aromatic carbocycles. The second-order valence-corrected chi connectivity index (χ2v) is 11.5. The predicted octanol–water partition coefficient (Wildman–Crippen LogP) is 3.21. The molecule has 8 heteroatoms. The van der Waals surface area contributed by atoms with Gasteiger partial charge in [-0.25, -0.2) is 13.4 Å². The van der Waals surface area contributed by atoms with Crippen LogP contribution in [-0.2, 0) is 21.9 Å². The van der Waals surface area contributed by atoms with Crippen LogP contribution in [0.15, 0.2) is 65.7 Å². The summed E-state index contributed by atoms with van der Waals surface area (Å²) in [5, 5.41) is 15.0. The topological polar surface area (TPSA) is 82.0 Å². The molecule has 1 heterocycles. The summed E-state index contributed by atoms with van der Waals surface area (Å²) < 4.78 is 24.0. The van der Waals surface area contributed by atoms with Crippen molar-refractivity contribution in [3.8, 4) is 0 Å². The van der Waals surface area contributed by atoms with E-state index in [1.54, 1.807) is 13.8 Å². The molecule has 176 valence electrons. The number of nitrogens with one attached hydrogen (secondary N) is 1. The smallest absolute Gasteiger partial charge is 0.194 e. The van der Waals surface area contributed by atoms with Crippen LogP contribution in [0.25, 0.3) is 0 Å². The summed E-state index contributed by atoms with van der Waals surface area (Å²) in [6.45, 7) is 7.07. The van der Waals surface area contributed by atoms with E-state index in [0.717, 1.165) is 11.1 Å². The SMILES string of the molecule is CCNC(=NCC(O)(Cc1ccccc1)c1ccccc1)N1CCS(=O)(=O)C(C)(C)C1.I. The van der Waals surface area contributed by atoms with Crippen LogP contribution < -0.4 is 5.32 Å². The number of guanidine groups is 1. The van der Waals surface area contributed by atoms with E-state index in [9.17, 15) is 13.5 Å². The Morgan fingerprint density at radius 2 is 1.72 bits per heavy atom. The first-order chi connectivity index (χ1) is 14.7. The molecule has 0 aliphatic carbocycles. The Kier molecular flexibility index (Phi) is 9.13. The first kappa shape index (κ1) is 26.6. The Hall–Kier alpha value is -1.65.